The minimum atomic E-state index is -0.833. The van der Waals surface area contributed by atoms with Crippen molar-refractivity contribution in [3.63, 3.8) is 0 Å². The lowest BCUT2D eigenvalue weighted by atomic mass is 10.0. The molecule has 0 aliphatic heterocycles. The molecule has 23 heavy (non-hydrogen) atoms. The molecule has 1 aromatic carbocycles. The summed E-state index contributed by atoms with van der Waals surface area (Å²) in [5.74, 6) is 0.270. The number of benzene rings is 1. The Hall–Kier alpha value is -2.63. The number of ether oxygens (including phenoxy) is 1. The van der Waals surface area contributed by atoms with E-state index in [1.807, 2.05) is 32.0 Å². The summed E-state index contributed by atoms with van der Waals surface area (Å²) in [7, 11) is 1.40. The third kappa shape index (κ3) is 3.77. The van der Waals surface area contributed by atoms with Gasteiger partial charge in [0.2, 0.25) is 5.75 Å². The van der Waals surface area contributed by atoms with Crippen LogP contribution in [-0.4, -0.2) is 23.0 Å². The highest BCUT2D eigenvalue weighted by atomic mass is 16.5. The van der Waals surface area contributed by atoms with Crippen LogP contribution >= 0.6 is 0 Å². The van der Waals surface area contributed by atoms with Crippen LogP contribution in [0.3, 0.4) is 0 Å². The minimum Gasteiger partial charge on any atom is -0.490 e. The smallest absolute Gasteiger partial charge is 0.293 e. The number of aromatic nitrogens is 2. The predicted octanol–water partition coefficient (Wildman–Crippen LogP) is 2.06. The van der Waals surface area contributed by atoms with E-state index in [1.165, 1.54) is 13.3 Å². The second-order valence-electron chi connectivity index (χ2n) is 6.08. The molecule has 0 saturated carbocycles. The summed E-state index contributed by atoms with van der Waals surface area (Å²) in [6.45, 7) is 7.44. The van der Waals surface area contributed by atoms with E-state index >= 15 is 0 Å². The predicted molar refractivity (Wildman–Crippen MR) is 87.8 cm³/mol. The number of hydrogen-bond donors (Lipinski definition) is 2. The van der Waals surface area contributed by atoms with Gasteiger partial charge in [-0.2, -0.15) is 0 Å². The average molecular weight is 315 g/mol. The second kappa shape index (κ2) is 6.24. The van der Waals surface area contributed by atoms with Crippen LogP contribution in [0.1, 0.15) is 41.2 Å². The number of carbonyl (C=O) groups excluding carboxylic acids is 1. The maximum absolute atomic E-state index is 12.5. The molecule has 0 radical (unpaired) electrons. The first-order valence-electron chi connectivity index (χ1n) is 7.27. The number of methoxy groups -OCH3 is 1. The Balaban J connectivity index is 2.28. The summed E-state index contributed by atoms with van der Waals surface area (Å²) < 4.78 is 4.90. The molecule has 6 nitrogen and oxygen atoms in total. The third-order valence-electron chi connectivity index (χ3n) is 3.49. The molecule has 6 heteroatoms. The summed E-state index contributed by atoms with van der Waals surface area (Å²) in [4.78, 5) is 31.1. The van der Waals surface area contributed by atoms with Gasteiger partial charge in [0.15, 0.2) is 0 Å². The third-order valence-corrected chi connectivity index (χ3v) is 3.49. The Morgan fingerprint density at radius 2 is 1.83 bits per heavy atom. The van der Waals surface area contributed by atoms with Crippen molar-refractivity contribution >= 4 is 5.91 Å². The minimum absolute atomic E-state index is 0.130. The molecule has 0 spiro atoms. The summed E-state index contributed by atoms with van der Waals surface area (Å²) >= 11 is 0. The van der Waals surface area contributed by atoms with Crippen LogP contribution in [0.15, 0.2) is 29.2 Å². The lowest BCUT2D eigenvalue weighted by molar-refractivity contribution is 0.0908. The quantitative estimate of drug-likeness (QED) is 0.904. The summed E-state index contributed by atoms with van der Waals surface area (Å²) in [5.41, 5.74) is 1.39. The highest BCUT2D eigenvalue weighted by Gasteiger charge is 2.26. The van der Waals surface area contributed by atoms with Gasteiger partial charge >= 0.3 is 0 Å². The molecule has 0 aliphatic carbocycles. The number of nitrogens with one attached hydrogen (secondary N) is 2. The summed E-state index contributed by atoms with van der Waals surface area (Å²) in [6.07, 6.45) is 1.35. The number of aromatic amines is 1. The number of aryl methyl sites for hydroxylation is 2. The molecule has 2 N–H and O–H groups in total. The zero-order chi connectivity index (χ0) is 17.2. The van der Waals surface area contributed by atoms with Crippen molar-refractivity contribution in [1.82, 2.24) is 15.3 Å². The molecular weight excluding hydrogens is 294 g/mol. The Kier molecular flexibility index (Phi) is 4.54. The fourth-order valence-corrected chi connectivity index (χ4v) is 2.37. The molecule has 2 aromatic rings. The molecule has 1 aromatic heterocycles. The SMILES string of the molecule is COc1cnc(C(C)(C)NC(=O)c2cc(C)cc(C)c2)[nH]c1=O. The normalized spacial score (nSPS) is 11.2. The first-order valence-corrected chi connectivity index (χ1v) is 7.27. The van der Waals surface area contributed by atoms with E-state index in [0.29, 0.717) is 11.4 Å². The molecule has 0 fully saturated rings. The lowest BCUT2D eigenvalue weighted by Crippen LogP contribution is -2.43. The highest BCUT2D eigenvalue weighted by Crippen LogP contribution is 2.17. The van der Waals surface area contributed by atoms with Gasteiger partial charge in [0.25, 0.3) is 11.5 Å². The van der Waals surface area contributed by atoms with Gasteiger partial charge in [-0.3, -0.25) is 9.59 Å². The monoisotopic (exact) mass is 315 g/mol. The average Bonchev–Trinajstić information content (AvgIpc) is 2.45. The van der Waals surface area contributed by atoms with Crippen LogP contribution in [-0.2, 0) is 5.54 Å². The van der Waals surface area contributed by atoms with Crippen LogP contribution in [0, 0.1) is 13.8 Å². The Morgan fingerprint density at radius 1 is 1.22 bits per heavy atom. The van der Waals surface area contributed by atoms with Crippen molar-refractivity contribution in [2.75, 3.05) is 7.11 Å². The zero-order valence-electron chi connectivity index (χ0n) is 14.0. The molecule has 0 unspecified atom stereocenters. The van der Waals surface area contributed by atoms with Crippen LogP contribution in [0.5, 0.6) is 5.75 Å². The number of nitrogens with zero attached hydrogens (tertiary/aromatic N) is 1. The molecule has 122 valence electrons. The van der Waals surface area contributed by atoms with E-state index in [-0.39, 0.29) is 17.2 Å². The van der Waals surface area contributed by atoms with Crippen molar-refractivity contribution in [3.05, 3.63) is 57.3 Å². The first-order chi connectivity index (χ1) is 10.7. The molecule has 0 bridgehead atoms. The zero-order valence-corrected chi connectivity index (χ0v) is 14.0. The van der Waals surface area contributed by atoms with Crippen molar-refractivity contribution in [3.8, 4) is 5.75 Å². The fraction of sp³-hybridized carbons (Fsp3) is 0.353. The van der Waals surface area contributed by atoms with Crippen molar-refractivity contribution < 1.29 is 9.53 Å². The Bertz CT molecular complexity index is 774. The number of rotatable bonds is 4. The van der Waals surface area contributed by atoms with Gasteiger partial charge in [-0.1, -0.05) is 17.2 Å². The van der Waals surface area contributed by atoms with Gasteiger partial charge in [0, 0.05) is 5.56 Å². The molecular formula is C17H21N3O3. The second-order valence-corrected chi connectivity index (χ2v) is 6.08. The van der Waals surface area contributed by atoms with E-state index < -0.39 is 5.54 Å². The van der Waals surface area contributed by atoms with Crippen molar-refractivity contribution in [2.24, 2.45) is 0 Å². The lowest BCUT2D eigenvalue weighted by Gasteiger charge is -2.25. The van der Waals surface area contributed by atoms with Crippen molar-refractivity contribution in [2.45, 2.75) is 33.2 Å². The van der Waals surface area contributed by atoms with E-state index in [4.69, 9.17) is 4.74 Å². The number of amides is 1. The van der Waals surface area contributed by atoms with Crippen LogP contribution < -0.4 is 15.6 Å². The maximum atomic E-state index is 12.5. The van der Waals surface area contributed by atoms with Gasteiger partial charge in [-0.05, 0) is 39.8 Å². The summed E-state index contributed by atoms with van der Waals surface area (Å²) in [6, 6.07) is 5.65. The molecule has 1 amide bonds. The molecule has 0 atom stereocenters. The standard InChI is InChI=1S/C17H21N3O3/c1-10-6-11(2)8-12(7-10)14(21)20-17(3,4)16-18-9-13(23-5)15(22)19-16/h6-9H,1-5H3,(H,20,21)(H,18,19,22). The largest absolute Gasteiger partial charge is 0.490 e. The van der Waals surface area contributed by atoms with E-state index in [9.17, 15) is 9.59 Å². The van der Waals surface area contributed by atoms with Gasteiger partial charge in [-0.25, -0.2) is 4.98 Å². The van der Waals surface area contributed by atoms with Crippen LogP contribution in [0.25, 0.3) is 0 Å². The van der Waals surface area contributed by atoms with Crippen LogP contribution in [0.2, 0.25) is 0 Å². The van der Waals surface area contributed by atoms with Crippen molar-refractivity contribution in [1.29, 1.82) is 0 Å². The van der Waals surface area contributed by atoms with E-state index in [1.54, 1.807) is 13.8 Å². The van der Waals surface area contributed by atoms with Gasteiger partial charge < -0.3 is 15.0 Å². The molecule has 0 saturated heterocycles. The van der Waals surface area contributed by atoms with Gasteiger partial charge in [-0.15, -0.1) is 0 Å². The van der Waals surface area contributed by atoms with E-state index in [0.717, 1.165) is 11.1 Å². The number of carbonyl (C=O) groups is 1. The fourth-order valence-electron chi connectivity index (χ4n) is 2.37. The molecule has 0 aliphatic rings. The Morgan fingerprint density at radius 3 is 2.35 bits per heavy atom. The van der Waals surface area contributed by atoms with Crippen LogP contribution in [0.4, 0.5) is 0 Å². The number of H-pyrrole nitrogens is 1. The molecule has 2 rings (SSSR count). The topological polar surface area (TPSA) is 84.1 Å². The first kappa shape index (κ1) is 16.7. The maximum Gasteiger partial charge on any atom is 0.293 e. The summed E-state index contributed by atoms with van der Waals surface area (Å²) in [5, 5.41) is 2.90. The van der Waals surface area contributed by atoms with Gasteiger partial charge in [0.1, 0.15) is 5.82 Å². The van der Waals surface area contributed by atoms with Gasteiger partial charge in [0.05, 0.1) is 18.8 Å². The Labute approximate surface area is 134 Å². The molecule has 1 heterocycles. The number of hydrogen-bond acceptors (Lipinski definition) is 4. The highest BCUT2D eigenvalue weighted by molar-refractivity contribution is 5.95. The van der Waals surface area contributed by atoms with E-state index in [2.05, 4.69) is 15.3 Å².